The SMILES string of the molecule is Cc1cnc2nnc(Cl)n2c1. The topological polar surface area (TPSA) is 43.1 Å². The first-order chi connectivity index (χ1) is 5.27. The lowest BCUT2D eigenvalue weighted by atomic mass is 10.4. The highest BCUT2D eigenvalue weighted by molar-refractivity contribution is 6.28. The first-order valence-electron chi connectivity index (χ1n) is 3.10. The zero-order valence-corrected chi connectivity index (χ0v) is 6.58. The number of halogens is 1. The molecule has 2 aromatic rings. The van der Waals surface area contributed by atoms with Crippen LogP contribution in [0.1, 0.15) is 5.56 Å². The van der Waals surface area contributed by atoms with E-state index in [-0.39, 0.29) is 0 Å². The van der Waals surface area contributed by atoms with E-state index in [1.54, 1.807) is 10.6 Å². The third-order valence-corrected chi connectivity index (χ3v) is 1.61. The molecule has 0 aliphatic heterocycles. The summed E-state index contributed by atoms with van der Waals surface area (Å²) in [6, 6.07) is 0. The van der Waals surface area contributed by atoms with Crippen LogP contribution in [-0.2, 0) is 0 Å². The molecule has 0 atom stereocenters. The van der Waals surface area contributed by atoms with Crippen molar-refractivity contribution in [2.24, 2.45) is 0 Å². The normalized spacial score (nSPS) is 10.7. The molecule has 0 radical (unpaired) electrons. The van der Waals surface area contributed by atoms with Crippen LogP contribution in [0, 0.1) is 6.92 Å². The number of nitrogens with zero attached hydrogens (tertiary/aromatic N) is 4. The van der Waals surface area contributed by atoms with Gasteiger partial charge in [-0.15, -0.1) is 10.2 Å². The molecule has 0 aliphatic carbocycles. The molecule has 2 heterocycles. The highest BCUT2D eigenvalue weighted by Crippen LogP contribution is 2.06. The second-order valence-electron chi connectivity index (χ2n) is 2.27. The van der Waals surface area contributed by atoms with Crippen molar-refractivity contribution in [2.75, 3.05) is 0 Å². The van der Waals surface area contributed by atoms with E-state index in [2.05, 4.69) is 15.2 Å². The fraction of sp³-hybridized carbons (Fsp3) is 0.167. The predicted molar refractivity (Wildman–Crippen MR) is 40.5 cm³/mol. The van der Waals surface area contributed by atoms with Crippen LogP contribution in [0.25, 0.3) is 5.78 Å². The predicted octanol–water partition coefficient (Wildman–Crippen LogP) is 1.09. The first-order valence-corrected chi connectivity index (χ1v) is 3.48. The quantitative estimate of drug-likeness (QED) is 0.592. The van der Waals surface area contributed by atoms with Gasteiger partial charge in [-0.3, -0.25) is 4.40 Å². The van der Waals surface area contributed by atoms with Crippen molar-refractivity contribution in [3.05, 3.63) is 23.2 Å². The summed E-state index contributed by atoms with van der Waals surface area (Å²) in [5.74, 6) is 0.528. The molecule has 0 unspecified atom stereocenters. The van der Waals surface area contributed by atoms with Crippen LogP contribution in [0.2, 0.25) is 5.28 Å². The average Bonchev–Trinajstić information content (AvgIpc) is 2.33. The highest BCUT2D eigenvalue weighted by Gasteiger charge is 2.01. The van der Waals surface area contributed by atoms with Gasteiger partial charge in [-0.25, -0.2) is 4.98 Å². The molecule has 2 aromatic heterocycles. The summed E-state index contributed by atoms with van der Waals surface area (Å²) < 4.78 is 1.64. The van der Waals surface area contributed by atoms with Gasteiger partial charge in [0.25, 0.3) is 5.78 Å². The molecule has 0 aliphatic rings. The molecule has 4 nitrogen and oxygen atoms in total. The number of fused-ring (bicyclic) bond motifs is 1. The van der Waals surface area contributed by atoms with E-state index in [1.165, 1.54) is 0 Å². The van der Waals surface area contributed by atoms with Gasteiger partial charge >= 0.3 is 0 Å². The second-order valence-corrected chi connectivity index (χ2v) is 2.61. The van der Waals surface area contributed by atoms with Crippen LogP contribution in [0.5, 0.6) is 0 Å². The fourth-order valence-electron chi connectivity index (χ4n) is 0.860. The highest BCUT2D eigenvalue weighted by atomic mass is 35.5. The maximum absolute atomic E-state index is 5.69. The van der Waals surface area contributed by atoms with E-state index in [1.807, 2.05) is 13.1 Å². The molecule has 2 rings (SSSR count). The number of hydrogen-bond acceptors (Lipinski definition) is 3. The van der Waals surface area contributed by atoms with Gasteiger partial charge in [-0.2, -0.15) is 0 Å². The molecule has 0 saturated heterocycles. The van der Waals surface area contributed by atoms with Gasteiger partial charge in [-0.1, -0.05) is 0 Å². The van der Waals surface area contributed by atoms with Crippen LogP contribution in [0.4, 0.5) is 0 Å². The Morgan fingerprint density at radius 1 is 1.45 bits per heavy atom. The van der Waals surface area contributed by atoms with Crippen LogP contribution in [0.15, 0.2) is 12.4 Å². The van der Waals surface area contributed by atoms with E-state index in [0.717, 1.165) is 5.56 Å². The molecule has 56 valence electrons. The number of hydrogen-bond donors (Lipinski definition) is 0. The van der Waals surface area contributed by atoms with Crippen LogP contribution >= 0.6 is 11.6 Å². The van der Waals surface area contributed by atoms with Gasteiger partial charge in [0.15, 0.2) is 0 Å². The summed E-state index contributed by atoms with van der Waals surface area (Å²) in [4.78, 5) is 4.01. The lowest BCUT2D eigenvalue weighted by molar-refractivity contribution is 1.08. The molecule has 11 heavy (non-hydrogen) atoms. The van der Waals surface area contributed by atoms with Crippen molar-refractivity contribution in [1.29, 1.82) is 0 Å². The summed E-state index contributed by atoms with van der Waals surface area (Å²) in [5, 5.41) is 7.73. The molecular formula is C6H5ClN4. The van der Waals surface area contributed by atoms with Crippen molar-refractivity contribution < 1.29 is 0 Å². The van der Waals surface area contributed by atoms with Crippen molar-refractivity contribution in [1.82, 2.24) is 19.6 Å². The minimum Gasteiger partial charge on any atom is -0.257 e. The second kappa shape index (κ2) is 2.17. The molecule has 0 N–H and O–H groups in total. The fourth-order valence-corrected chi connectivity index (χ4v) is 1.02. The van der Waals surface area contributed by atoms with Crippen molar-refractivity contribution in [3.8, 4) is 0 Å². The Labute approximate surface area is 67.8 Å². The van der Waals surface area contributed by atoms with Crippen molar-refractivity contribution >= 4 is 17.4 Å². The Kier molecular flexibility index (Phi) is 1.29. The molecule has 0 aromatic carbocycles. The van der Waals surface area contributed by atoms with Gasteiger partial charge < -0.3 is 0 Å². The molecule has 0 saturated carbocycles. The van der Waals surface area contributed by atoms with Gasteiger partial charge in [0, 0.05) is 12.4 Å². The molecule has 0 fully saturated rings. The van der Waals surface area contributed by atoms with Gasteiger partial charge in [0.2, 0.25) is 5.28 Å². The maximum atomic E-state index is 5.69. The lowest BCUT2D eigenvalue weighted by Crippen LogP contribution is -1.88. The summed E-state index contributed by atoms with van der Waals surface area (Å²) in [7, 11) is 0. The van der Waals surface area contributed by atoms with E-state index in [0.29, 0.717) is 11.1 Å². The Bertz CT molecular complexity index is 394. The largest absolute Gasteiger partial charge is 0.257 e. The summed E-state index contributed by atoms with van der Waals surface area (Å²) in [6.07, 6.45) is 3.56. The third kappa shape index (κ3) is 0.952. The first kappa shape index (κ1) is 6.54. The monoisotopic (exact) mass is 168 g/mol. The summed E-state index contributed by atoms with van der Waals surface area (Å²) >= 11 is 5.69. The van der Waals surface area contributed by atoms with E-state index >= 15 is 0 Å². The van der Waals surface area contributed by atoms with E-state index in [9.17, 15) is 0 Å². The number of rotatable bonds is 0. The van der Waals surface area contributed by atoms with Crippen molar-refractivity contribution in [2.45, 2.75) is 6.92 Å². The molecule has 0 bridgehead atoms. The van der Waals surface area contributed by atoms with Crippen LogP contribution in [-0.4, -0.2) is 19.6 Å². The molecular weight excluding hydrogens is 164 g/mol. The summed E-state index contributed by atoms with van der Waals surface area (Å²) in [6.45, 7) is 1.93. The Morgan fingerprint density at radius 2 is 2.27 bits per heavy atom. The van der Waals surface area contributed by atoms with Gasteiger partial charge in [0.05, 0.1) is 0 Å². The van der Waals surface area contributed by atoms with Gasteiger partial charge in [-0.05, 0) is 24.1 Å². The number of aryl methyl sites for hydroxylation is 1. The number of aromatic nitrogens is 4. The Hall–Kier alpha value is -1.16. The third-order valence-electron chi connectivity index (χ3n) is 1.35. The molecule has 5 heteroatoms. The molecule has 0 spiro atoms. The van der Waals surface area contributed by atoms with Crippen LogP contribution in [0.3, 0.4) is 0 Å². The lowest BCUT2D eigenvalue weighted by Gasteiger charge is -1.92. The Morgan fingerprint density at radius 3 is 3.09 bits per heavy atom. The molecule has 0 amide bonds. The zero-order valence-electron chi connectivity index (χ0n) is 5.82. The smallest absolute Gasteiger partial charge is 0.255 e. The maximum Gasteiger partial charge on any atom is 0.255 e. The van der Waals surface area contributed by atoms with Crippen LogP contribution < -0.4 is 0 Å². The average molecular weight is 169 g/mol. The van der Waals surface area contributed by atoms with Gasteiger partial charge in [0.1, 0.15) is 0 Å². The van der Waals surface area contributed by atoms with Crippen molar-refractivity contribution in [3.63, 3.8) is 0 Å². The zero-order chi connectivity index (χ0) is 7.84. The standard InChI is InChI=1S/C6H5ClN4/c1-4-2-8-6-10-9-5(7)11(6)3-4/h2-3H,1H3. The minimum atomic E-state index is 0.344. The van der Waals surface area contributed by atoms with E-state index < -0.39 is 0 Å². The van der Waals surface area contributed by atoms with E-state index in [4.69, 9.17) is 11.6 Å². The Balaban J connectivity index is 2.87. The summed E-state index contributed by atoms with van der Waals surface area (Å²) in [5.41, 5.74) is 1.03. The minimum absolute atomic E-state index is 0.344.